The third-order valence-electron chi connectivity index (χ3n) is 7.46. The Hall–Kier alpha value is -2.38. The second kappa shape index (κ2) is 9.70. The fourth-order valence-corrected chi connectivity index (χ4v) is 5.88. The van der Waals surface area contributed by atoms with Crippen LogP contribution in [0.1, 0.15) is 50.5 Å². The van der Waals surface area contributed by atoms with Crippen LogP contribution in [0.25, 0.3) is 0 Å². The van der Waals surface area contributed by atoms with Gasteiger partial charge in [0.2, 0.25) is 5.91 Å². The molecule has 1 atom stereocenters. The van der Waals surface area contributed by atoms with Crippen molar-refractivity contribution in [2.75, 3.05) is 23.8 Å². The summed E-state index contributed by atoms with van der Waals surface area (Å²) in [4.78, 5) is 14.0. The van der Waals surface area contributed by atoms with Crippen LogP contribution >= 0.6 is 11.6 Å². The monoisotopic (exact) mass is 489 g/mol. The van der Waals surface area contributed by atoms with Crippen LogP contribution in [0, 0.1) is 23.5 Å². The predicted molar refractivity (Wildman–Crippen MR) is 129 cm³/mol. The average molecular weight is 490 g/mol. The van der Waals surface area contributed by atoms with Gasteiger partial charge in [-0.25, -0.2) is 8.78 Å². The Morgan fingerprint density at radius 2 is 1.56 bits per heavy atom. The highest BCUT2D eigenvalue weighted by Crippen LogP contribution is 2.48. The van der Waals surface area contributed by atoms with Crippen LogP contribution in [-0.4, -0.2) is 25.2 Å². The van der Waals surface area contributed by atoms with E-state index in [9.17, 15) is 13.6 Å². The molecular formula is C26H30ClF2N3O2. The standard InChI is InChI=1S/C26H30ClF2N3O2/c27-18-8-6-17(7-9-18)26(31-22-14-20(28)21(29)15-23(22)32-26)24(16-10-12-34-13-11-16)25(33)30-19-4-2-1-3-5-19/h6-9,14-16,19,24,31-32H,1-5,10-13H2,(H,30,33). The van der Waals surface area contributed by atoms with Crippen LogP contribution in [0.5, 0.6) is 0 Å². The minimum absolute atomic E-state index is 0.0111. The highest BCUT2D eigenvalue weighted by molar-refractivity contribution is 6.30. The van der Waals surface area contributed by atoms with E-state index in [0.29, 0.717) is 29.6 Å². The first-order valence-electron chi connectivity index (χ1n) is 12.2. The minimum Gasteiger partial charge on any atom is -0.381 e. The number of fused-ring (bicyclic) bond motifs is 1. The van der Waals surface area contributed by atoms with Crippen LogP contribution in [0.3, 0.4) is 0 Å². The molecule has 3 N–H and O–H groups in total. The molecule has 182 valence electrons. The van der Waals surface area contributed by atoms with Crippen LogP contribution in [0.4, 0.5) is 20.2 Å². The van der Waals surface area contributed by atoms with E-state index in [2.05, 4.69) is 16.0 Å². The molecule has 8 heteroatoms. The highest BCUT2D eigenvalue weighted by Gasteiger charge is 2.52. The number of rotatable bonds is 5. The van der Waals surface area contributed by atoms with E-state index >= 15 is 0 Å². The second-order valence-corrected chi connectivity index (χ2v) is 10.1. The Kier molecular flexibility index (Phi) is 6.67. The van der Waals surface area contributed by atoms with Crippen molar-refractivity contribution in [1.29, 1.82) is 0 Å². The molecule has 0 bridgehead atoms. The number of hydrogen-bond acceptors (Lipinski definition) is 4. The van der Waals surface area contributed by atoms with Crippen LogP contribution < -0.4 is 16.0 Å². The molecule has 2 fully saturated rings. The van der Waals surface area contributed by atoms with Gasteiger partial charge in [-0.15, -0.1) is 0 Å². The molecule has 2 aliphatic heterocycles. The molecule has 1 aliphatic carbocycles. The number of nitrogens with one attached hydrogen (secondary N) is 3. The smallest absolute Gasteiger partial charge is 0.228 e. The quantitative estimate of drug-likeness (QED) is 0.496. The molecular weight excluding hydrogens is 460 g/mol. The summed E-state index contributed by atoms with van der Waals surface area (Å²) in [5.41, 5.74) is 0.547. The summed E-state index contributed by atoms with van der Waals surface area (Å²) in [5.74, 6) is -2.46. The third kappa shape index (κ3) is 4.48. The molecule has 2 aromatic rings. The van der Waals surface area contributed by atoms with Crippen molar-refractivity contribution in [3.8, 4) is 0 Å². The minimum atomic E-state index is -1.09. The summed E-state index contributed by atoms with van der Waals surface area (Å²) < 4.78 is 33.9. The normalized spacial score (nSPS) is 21.3. The molecule has 5 rings (SSSR count). The number of benzene rings is 2. The second-order valence-electron chi connectivity index (χ2n) is 9.65. The zero-order valence-electron chi connectivity index (χ0n) is 19.0. The van der Waals surface area contributed by atoms with Crippen LogP contribution in [-0.2, 0) is 15.2 Å². The van der Waals surface area contributed by atoms with Gasteiger partial charge < -0.3 is 20.7 Å². The maximum absolute atomic E-state index is 14.1. The number of carbonyl (C=O) groups excluding carboxylic acids is 1. The number of anilines is 2. The van der Waals surface area contributed by atoms with E-state index in [1.54, 1.807) is 12.1 Å². The number of carbonyl (C=O) groups is 1. The van der Waals surface area contributed by atoms with Crippen molar-refractivity contribution in [3.63, 3.8) is 0 Å². The molecule has 1 unspecified atom stereocenters. The maximum Gasteiger partial charge on any atom is 0.228 e. The highest BCUT2D eigenvalue weighted by atomic mass is 35.5. The SMILES string of the molecule is O=C(NC1CCCCC1)C(C1CCOCC1)C1(c2ccc(Cl)cc2)Nc2cc(F)c(F)cc2N1. The fraction of sp³-hybridized carbons (Fsp3) is 0.500. The third-order valence-corrected chi connectivity index (χ3v) is 7.71. The molecule has 34 heavy (non-hydrogen) atoms. The lowest BCUT2D eigenvalue weighted by atomic mass is 9.73. The van der Waals surface area contributed by atoms with E-state index < -0.39 is 23.2 Å². The number of ether oxygens (including phenoxy) is 1. The summed E-state index contributed by atoms with van der Waals surface area (Å²) >= 11 is 6.18. The molecule has 3 aliphatic rings. The average Bonchev–Trinajstić information content (AvgIpc) is 3.19. The molecule has 1 saturated carbocycles. The number of hydrogen-bond donors (Lipinski definition) is 3. The van der Waals surface area contributed by atoms with Gasteiger partial charge >= 0.3 is 0 Å². The van der Waals surface area contributed by atoms with Crippen molar-refractivity contribution >= 4 is 28.9 Å². The summed E-state index contributed by atoms with van der Waals surface area (Å²) in [6, 6.07) is 9.70. The van der Waals surface area contributed by atoms with Gasteiger partial charge in [0.25, 0.3) is 0 Å². The Morgan fingerprint density at radius 3 is 2.15 bits per heavy atom. The van der Waals surface area contributed by atoms with E-state index in [1.165, 1.54) is 6.42 Å². The molecule has 0 spiro atoms. The zero-order valence-corrected chi connectivity index (χ0v) is 19.8. The molecule has 1 saturated heterocycles. The molecule has 2 heterocycles. The molecule has 0 radical (unpaired) electrons. The van der Waals surface area contributed by atoms with E-state index in [4.69, 9.17) is 16.3 Å². The predicted octanol–water partition coefficient (Wildman–Crippen LogP) is 5.80. The van der Waals surface area contributed by atoms with Crippen LogP contribution in [0.2, 0.25) is 5.02 Å². The zero-order chi connectivity index (χ0) is 23.7. The summed E-state index contributed by atoms with van der Waals surface area (Å²) in [6.07, 6.45) is 6.79. The number of halogens is 3. The molecule has 0 aromatic heterocycles. The van der Waals surface area contributed by atoms with E-state index in [0.717, 1.165) is 56.2 Å². The number of amides is 1. The largest absolute Gasteiger partial charge is 0.381 e. The van der Waals surface area contributed by atoms with Crippen molar-refractivity contribution in [2.24, 2.45) is 11.8 Å². The first-order chi connectivity index (χ1) is 16.5. The molecule has 5 nitrogen and oxygen atoms in total. The lowest BCUT2D eigenvalue weighted by Crippen LogP contribution is -2.57. The van der Waals surface area contributed by atoms with Crippen LogP contribution in [0.15, 0.2) is 36.4 Å². The van der Waals surface area contributed by atoms with Gasteiger partial charge in [-0.1, -0.05) is 43.0 Å². The van der Waals surface area contributed by atoms with Gasteiger partial charge in [0.1, 0.15) is 5.66 Å². The topological polar surface area (TPSA) is 62.4 Å². The first kappa shape index (κ1) is 23.4. The van der Waals surface area contributed by atoms with Gasteiger partial charge in [-0.2, -0.15) is 0 Å². The maximum atomic E-state index is 14.1. The van der Waals surface area contributed by atoms with Gasteiger partial charge in [-0.05, 0) is 49.3 Å². The Labute approximate surface area is 203 Å². The Balaban J connectivity index is 1.58. The summed E-state index contributed by atoms with van der Waals surface area (Å²) in [5, 5.41) is 10.7. The summed E-state index contributed by atoms with van der Waals surface area (Å²) in [7, 11) is 0. The molecule has 2 aromatic carbocycles. The first-order valence-corrected chi connectivity index (χ1v) is 12.5. The molecule has 1 amide bonds. The lowest BCUT2D eigenvalue weighted by Gasteiger charge is -2.44. The van der Waals surface area contributed by atoms with Gasteiger partial charge in [0.05, 0.1) is 17.3 Å². The van der Waals surface area contributed by atoms with Crippen molar-refractivity contribution in [1.82, 2.24) is 5.32 Å². The van der Waals surface area contributed by atoms with E-state index in [-0.39, 0.29) is 17.9 Å². The Bertz CT molecular complexity index is 1010. The van der Waals surface area contributed by atoms with Crippen molar-refractivity contribution < 1.29 is 18.3 Å². The van der Waals surface area contributed by atoms with Gasteiger partial charge in [-0.3, -0.25) is 4.79 Å². The summed E-state index contributed by atoms with van der Waals surface area (Å²) in [6.45, 7) is 1.15. The van der Waals surface area contributed by atoms with Gasteiger partial charge in [0.15, 0.2) is 11.6 Å². The Morgan fingerprint density at radius 1 is 0.971 bits per heavy atom. The van der Waals surface area contributed by atoms with Crippen molar-refractivity contribution in [3.05, 3.63) is 58.6 Å². The fourth-order valence-electron chi connectivity index (χ4n) is 5.75. The van der Waals surface area contributed by atoms with Crippen molar-refractivity contribution in [2.45, 2.75) is 56.7 Å². The lowest BCUT2D eigenvalue weighted by molar-refractivity contribution is -0.131. The van der Waals surface area contributed by atoms with Gasteiger partial charge in [0, 0.05) is 36.4 Å². The van der Waals surface area contributed by atoms with E-state index in [1.807, 2.05) is 12.1 Å².